The normalized spacial score (nSPS) is 22.1. The Hall–Kier alpha value is -1.83. The van der Waals surface area contributed by atoms with Crippen molar-refractivity contribution in [1.29, 1.82) is 0 Å². The summed E-state index contributed by atoms with van der Waals surface area (Å²) in [6.07, 6.45) is 7.20. The average molecular weight is 282 g/mol. The molecule has 0 heterocycles. The van der Waals surface area contributed by atoms with Gasteiger partial charge in [0.2, 0.25) is 0 Å². The minimum absolute atomic E-state index is 0.253. The number of carbonyl (C=O) groups is 1. The van der Waals surface area contributed by atoms with Gasteiger partial charge in [-0.2, -0.15) is 0 Å². The molecule has 110 valence electrons. The summed E-state index contributed by atoms with van der Waals surface area (Å²) in [5, 5.41) is 2.07. The van der Waals surface area contributed by atoms with Gasteiger partial charge < -0.3 is 4.74 Å². The summed E-state index contributed by atoms with van der Waals surface area (Å²) < 4.78 is 6.26. The fraction of sp³-hybridized carbons (Fsp3) is 0.421. The number of benzene rings is 2. The molecule has 1 saturated carbocycles. The van der Waals surface area contributed by atoms with E-state index in [4.69, 9.17) is 4.74 Å². The van der Waals surface area contributed by atoms with Crippen molar-refractivity contribution in [3.05, 3.63) is 42.0 Å². The highest BCUT2D eigenvalue weighted by atomic mass is 16.5. The van der Waals surface area contributed by atoms with Crippen molar-refractivity contribution in [1.82, 2.24) is 0 Å². The van der Waals surface area contributed by atoms with E-state index in [0.717, 1.165) is 35.6 Å². The molecule has 0 radical (unpaired) electrons. The van der Waals surface area contributed by atoms with Gasteiger partial charge in [0, 0.05) is 0 Å². The molecule has 3 rings (SSSR count). The van der Waals surface area contributed by atoms with Gasteiger partial charge in [-0.05, 0) is 48.4 Å². The Kier molecular flexibility index (Phi) is 4.23. The number of rotatable bonds is 4. The third kappa shape index (κ3) is 2.80. The van der Waals surface area contributed by atoms with Crippen LogP contribution < -0.4 is 4.74 Å². The molecule has 0 N–H and O–H groups in total. The molecule has 0 saturated heterocycles. The molecule has 1 fully saturated rings. The zero-order valence-corrected chi connectivity index (χ0v) is 12.5. The molecule has 2 unspecified atom stereocenters. The molecule has 2 nitrogen and oxygen atoms in total. The zero-order chi connectivity index (χ0) is 14.7. The summed E-state index contributed by atoms with van der Waals surface area (Å²) >= 11 is 0. The summed E-state index contributed by atoms with van der Waals surface area (Å²) in [5.41, 5.74) is 0.688. The van der Waals surface area contributed by atoms with Gasteiger partial charge in [-0.25, -0.2) is 0 Å². The first-order chi connectivity index (χ1) is 10.3. The van der Waals surface area contributed by atoms with Crippen molar-refractivity contribution < 1.29 is 9.53 Å². The maximum atomic E-state index is 11.6. The largest absolute Gasteiger partial charge is 0.489 e. The van der Waals surface area contributed by atoms with Gasteiger partial charge in [-0.1, -0.05) is 43.7 Å². The maximum Gasteiger partial charge on any atom is 0.154 e. The standard InChI is InChI=1S/C19H22O2/c1-2-14-7-4-6-10-18(14)21-19-12-11-15-8-3-5-9-16(15)17(19)13-20/h3,5,8-9,11-14,18H,2,4,6-7,10H2,1H3. The first kappa shape index (κ1) is 14.1. The molecule has 21 heavy (non-hydrogen) atoms. The third-order valence-electron chi connectivity index (χ3n) is 4.69. The highest BCUT2D eigenvalue weighted by Gasteiger charge is 2.26. The van der Waals surface area contributed by atoms with Gasteiger partial charge in [0.25, 0.3) is 0 Å². The van der Waals surface area contributed by atoms with Gasteiger partial charge in [-0.15, -0.1) is 0 Å². The van der Waals surface area contributed by atoms with E-state index in [2.05, 4.69) is 6.92 Å². The molecular formula is C19H22O2. The third-order valence-corrected chi connectivity index (χ3v) is 4.69. The number of aldehydes is 1. The van der Waals surface area contributed by atoms with Gasteiger partial charge in [0.05, 0.1) is 5.56 Å². The molecule has 1 aliphatic carbocycles. The number of fused-ring (bicyclic) bond motifs is 1. The quantitative estimate of drug-likeness (QED) is 0.738. The summed E-state index contributed by atoms with van der Waals surface area (Å²) in [5.74, 6) is 1.36. The Morgan fingerprint density at radius 2 is 1.95 bits per heavy atom. The van der Waals surface area contributed by atoms with Crippen molar-refractivity contribution in [2.75, 3.05) is 0 Å². The highest BCUT2D eigenvalue weighted by molar-refractivity contribution is 6.00. The summed E-state index contributed by atoms with van der Waals surface area (Å²) in [4.78, 5) is 11.6. The van der Waals surface area contributed by atoms with Crippen molar-refractivity contribution in [3.63, 3.8) is 0 Å². The lowest BCUT2D eigenvalue weighted by molar-refractivity contribution is 0.0886. The van der Waals surface area contributed by atoms with E-state index < -0.39 is 0 Å². The van der Waals surface area contributed by atoms with E-state index in [0.29, 0.717) is 11.5 Å². The number of carbonyl (C=O) groups excluding carboxylic acids is 1. The SMILES string of the molecule is CCC1CCCCC1Oc1ccc2ccccc2c1C=O. The predicted molar refractivity (Wildman–Crippen MR) is 86.0 cm³/mol. The molecule has 0 spiro atoms. The van der Waals surface area contributed by atoms with Crippen molar-refractivity contribution in [2.24, 2.45) is 5.92 Å². The molecule has 0 bridgehead atoms. The topological polar surface area (TPSA) is 26.3 Å². The molecule has 2 aromatic rings. The Morgan fingerprint density at radius 1 is 1.14 bits per heavy atom. The lowest BCUT2D eigenvalue weighted by atomic mass is 9.84. The number of ether oxygens (including phenoxy) is 1. The van der Waals surface area contributed by atoms with Crippen LogP contribution >= 0.6 is 0 Å². The molecule has 0 amide bonds. The molecular weight excluding hydrogens is 260 g/mol. The minimum Gasteiger partial charge on any atom is -0.489 e. The Labute approximate surface area is 126 Å². The van der Waals surface area contributed by atoms with Crippen LogP contribution in [0, 0.1) is 5.92 Å². The molecule has 0 aliphatic heterocycles. The summed E-state index contributed by atoms with van der Waals surface area (Å²) in [7, 11) is 0. The monoisotopic (exact) mass is 282 g/mol. The molecule has 0 aromatic heterocycles. The van der Waals surface area contributed by atoms with E-state index in [-0.39, 0.29) is 6.10 Å². The van der Waals surface area contributed by atoms with E-state index in [9.17, 15) is 4.79 Å². The van der Waals surface area contributed by atoms with Crippen LogP contribution in [0.5, 0.6) is 5.75 Å². The van der Waals surface area contributed by atoms with Gasteiger partial charge in [0.15, 0.2) is 6.29 Å². The molecule has 2 aromatic carbocycles. The van der Waals surface area contributed by atoms with Crippen molar-refractivity contribution in [2.45, 2.75) is 45.1 Å². The summed E-state index contributed by atoms with van der Waals surface area (Å²) in [6, 6.07) is 12.0. The van der Waals surface area contributed by atoms with Crippen LogP contribution in [-0.4, -0.2) is 12.4 Å². The van der Waals surface area contributed by atoms with E-state index in [1.54, 1.807) is 0 Å². The second-order valence-corrected chi connectivity index (χ2v) is 5.93. The van der Waals surface area contributed by atoms with E-state index in [1.165, 1.54) is 19.3 Å². The molecule has 2 heteroatoms. The van der Waals surface area contributed by atoms with Crippen LogP contribution in [0.2, 0.25) is 0 Å². The number of hydrogen-bond acceptors (Lipinski definition) is 2. The second-order valence-electron chi connectivity index (χ2n) is 5.93. The zero-order valence-electron chi connectivity index (χ0n) is 12.5. The molecule has 2 atom stereocenters. The fourth-order valence-electron chi connectivity index (χ4n) is 3.46. The van der Waals surface area contributed by atoms with Crippen molar-refractivity contribution >= 4 is 17.1 Å². The van der Waals surface area contributed by atoms with Gasteiger partial charge in [0.1, 0.15) is 11.9 Å². The summed E-state index contributed by atoms with van der Waals surface area (Å²) in [6.45, 7) is 2.23. The van der Waals surface area contributed by atoms with Gasteiger partial charge >= 0.3 is 0 Å². The fourth-order valence-corrected chi connectivity index (χ4v) is 3.46. The van der Waals surface area contributed by atoms with Crippen LogP contribution in [-0.2, 0) is 0 Å². The Bertz CT molecular complexity index is 632. The van der Waals surface area contributed by atoms with Crippen molar-refractivity contribution in [3.8, 4) is 5.75 Å². The average Bonchev–Trinajstić information content (AvgIpc) is 2.55. The highest BCUT2D eigenvalue weighted by Crippen LogP contribution is 2.33. The predicted octanol–water partition coefficient (Wildman–Crippen LogP) is 5.00. The smallest absolute Gasteiger partial charge is 0.154 e. The Balaban J connectivity index is 1.94. The lowest BCUT2D eigenvalue weighted by Gasteiger charge is -2.31. The number of hydrogen-bond donors (Lipinski definition) is 0. The lowest BCUT2D eigenvalue weighted by Crippen LogP contribution is -2.30. The van der Waals surface area contributed by atoms with Crippen LogP contribution in [0.3, 0.4) is 0 Å². The first-order valence-corrected chi connectivity index (χ1v) is 7.97. The second kappa shape index (κ2) is 6.30. The van der Waals surface area contributed by atoms with Crippen LogP contribution in [0.1, 0.15) is 49.4 Å². The van der Waals surface area contributed by atoms with E-state index in [1.807, 2.05) is 36.4 Å². The molecule has 1 aliphatic rings. The van der Waals surface area contributed by atoms with Crippen LogP contribution in [0.15, 0.2) is 36.4 Å². The minimum atomic E-state index is 0.253. The van der Waals surface area contributed by atoms with E-state index >= 15 is 0 Å². The van der Waals surface area contributed by atoms with Gasteiger partial charge in [-0.3, -0.25) is 4.79 Å². The Morgan fingerprint density at radius 3 is 2.76 bits per heavy atom. The maximum absolute atomic E-state index is 11.6. The van der Waals surface area contributed by atoms with Crippen LogP contribution in [0.25, 0.3) is 10.8 Å². The van der Waals surface area contributed by atoms with Crippen LogP contribution in [0.4, 0.5) is 0 Å². The first-order valence-electron chi connectivity index (χ1n) is 7.97.